The van der Waals surface area contributed by atoms with Gasteiger partial charge in [-0.3, -0.25) is 4.79 Å². The number of anilines is 1. The largest absolute Gasteiger partial charge is 0.506 e. The van der Waals surface area contributed by atoms with Crippen molar-refractivity contribution >= 4 is 11.7 Å². The molecule has 0 saturated carbocycles. The van der Waals surface area contributed by atoms with E-state index in [0.717, 1.165) is 5.56 Å². The van der Waals surface area contributed by atoms with Gasteiger partial charge in [0.25, 0.3) is 0 Å². The van der Waals surface area contributed by atoms with E-state index in [4.69, 9.17) is 11.5 Å². The van der Waals surface area contributed by atoms with Gasteiger partial charge in [0, 0.05) is 0 Å². The summed E-state index contributed by atoms with van der Waals surface area (Å²) in [7, 11) is 1.29. The van der Waals surface area contributed by atoms with Gasteiger partial charge < -0.3 is 21.3 Å². The molecule has 82 valence electrons. The molecular weight excluding hydrogens is 196 g/mol. The number of methoxy groups -OCH3 is 1. The molecule has 0 aliphatic heterocycles. The van der Waals surface area contributed by atoms with Gasteiger partial charge in [-0.1, -0.05) is 6.07 Å². The van der Waals surface area contributed by atoms with Crippen LogP contribution in [-0.4, -0.2) is 24.2 Å². The monoisotopic (exact) mass is 210 g/mol. The summed E-state index contributed by atoms with van der Waals surface area (Å²) < 4.78 is 4.49. The van der Waals surface area contributed by atoms with Crippen LogP contribution in [0, 0.1) is 0 Å². The minimum atomic E-state index is -0.709. The average molecular weight is 210 g/mol. The van der Waals surface area contributed by atoms with E-state index in [1.807, 2.05) is 0 Å². The molecule has 1 aromatic rings. The molecule has 0 spiro atoms. The lowest BCUT2D eigenvalue weighted by Gasteiger charge is -2.09. The summed E-state index contributed by atoms with van der Waals surface area (Å²) in [4.78, 5) is 11.0. The molecule has 0 radical (unpaired) electrons. The Labute approximate surface area is 87.6 Å². The van der Waals surface area contributed by atoms with Gasteiger partial charge in [-0.2, -0.15) is 0 Å². The first-order valence-electron chi connectivity index (χ1n) is 4.45. The summed E-state index contributed by atoms with van der Waals surface area (Å²) >= 11 is 0. The molecule has 0 amide bonds. The van der Waals surface area contributed by atoms with E-state index in [9.17, 15) is 9.90 Å². The van der Waals surface area contributed by atoms with Gasteiger partial charge in [0.1, 0.15) is 11.8 Å². The van der Waals surface area contributed by atoms with Crippen molar-refractivity contribution in [1.29, 1.82) is 0 Å². The highest BCUT2D eigenvalue weighted by Crippen LogP contribution is 2.20. The predicted molar refractivity (Wildman–Crippen MR) is 56.2 cm³/mol. The number of ether oxygens (including phenoxy) is 1. The molecule has 0 fully saturated rings. The quantitative estimate of drug-likeness (QED) is 0.371. The Morgan fingerprint density at radius 2 is 2.27 bits per heavy atom. The second-order valence-corrected chi connectivity index (χ2v) is 3.23. The van der Waals surface area contributed by atoms with Crippen molar-refractivity contribution in [2.45, 2.75) is 12.5 Å². The van der Waals surface area contributed by atoms with Gasteiger partial charge in [-0.05, 0) is 24.1 Å². The van der Waals surface area contributed by atoms with E-state index in [1.165, 1.54) is 13.2 Å². The topological polar surface area (TPSA) is 98.6 Å². The second kappa shape index (κ2) is 4.65. The van der Waals surface area contributed by atoms with Crippen LogP contribution in [0.2, 0.25) is 0 Å². The second-order valence-electron chi connectivity index (χ2n) is 3.23. The van der Waals surface area contributed by atoms with Crippen LogP contribution in [0.1, 0.15) is 5.56 Å². The third kappa shape index (κ3) is 2.85. The molecule has 1 atom stereocenters. The van der Waals surface area contributed by atoms with Crippen molar-refractivity contribution in [3.63, 3.8) is 0 Å². The third-order valence-electron chi connectivity index (χ3n) is 2.05. The smallest absolute Gasteiger partial charge is 0.322 e. The molecule has 5 heteroatoms. The Kier molecular flexibility index (Phi) is 3.51. The fourth-order valence-electron chi connectivity index (χ4n) is 1.22. The van der Waals surface area contributed by atoms with Gasteiger partial charge >= 0.3 is 5.97 Å². The summed E-state index contributed by atoms with van der Waals surface area (Å²) in [5.41, 5.74) is 12.1. The third-order valence-corrected chi connectivity index (χ3v) is 2.05. The van der Waals surface area contributed by atoms with E-state index < -0.39 is 12.0 Å². The average Bonchev–Trinajstić information content (AvgIpc) is 2.22. The van der Waals surface area contributed by atoms with Gasteiger partial charge in [-0.25, -0.2) is 0 Å². The predicted octanol–water partition coefficient (Wildman–Crippen LogP) is 0.0172. The molecule has 1 rings (SSSR count). The van der Waals surface area contributed by atoms with Crippen LogP contribution in [-0.2, 0) is 16.0 Å². The lowest BCUT2D eigenvalue weighted by atomic mass is 10.1. The summed E-state index contributed by atoms with van der Waals surface area (Å²) in [5, 5.41) is 9.19. The molecule has 5 N–H and O–H groups in total. The van der Waals surface area contributed by atoms with E-state index in [2.05, 4.69) is 4.74 Å². The number of esters is 1. The van der Waals surface area contributed by atoms with E-state index in [-0.39, 0.29) is 11.4 Å². The number of hydrogen-bond acceptors (Lipinski definition) is 5. The van der Waals surface area contributed by atoms with Gasteiger partial charge in [0.05, 0.1) is 12.8 Å². The van der Waals surface area contributed by atoms with Crippen molar-refractivity contribution in [3.05, 3.63) is 23.8 Å². The zero-order valence-corrected chi connectivity index (χ0v) is 8.43. The van der Waals surface area contributed by atoms with Crippen LogP contribution in [0.4, 0.5) is 5.69 Å². The molecule has 0 heterocycles. The van der Waals surface area contributed by atoms with Crippen molar-refractivity contribution in [1.82, 2.24) is 0 Å². The maximum atomic E-state index is 11.0. The zero-order valence-electron chi connectivity index (χ0n) is 8.43. The van der Waals surface area contributed by atoms with Crippen LogP contribution in [0.15, 0.2) is 18.2 Å². The summed E-state index contributed by atoms with van der Waals surface area (Å²) in [6.45, 7) is 0. The first-order chi connectivity index (χ1) is 7.04. The highest BCUT2D eigenvalue weighted by atomic mass is 16.5. The minimum Gasteiger partial charge on any atom is -0.506 e. The first-order valence-corrected chi connectivity index (χ1v) is 4.45. The summed E-state index contributed by atoms with van der Waals surface area (Å²) in [6.07, 6.45) is 0.331. The first kappa shape index (κ1) is 11.3. The number of carbonyl (C=O) groups excluding carboxylic acids is 1. The van der Waals surface area contributed by atoms with Gasteiger partial charge in [-0.15, -0.1) is 0 Å². The van der Waals surface area contributed by atoms with E-state index in [1.54, 1.807) is 12.1 Å². The van der Waals surface area contributed by atoms with Crippen molar-refractivity contribution in [3.8, 4) is 5.75 Å². The minimum absolute atomic E-state index is 0.0189. The van der Waals surface area contributed by atoms with Crippen LogP contribution < -0.4 is 11.5 Å². The molecule has 0 aromatic heterocycles. The Hall–Kier alpha value is -1.75. The Morgan fingerprint density at radius 3 is 2.80 bits per heavy atom. The number of phenolic OH excluding ortho intramolecular Hbond substituents is 1. The number of aromatic hydroxyl groups is 1. The van der Waals surface area contributed by atoms with Crippen LogP contribution in [0.5, 0.6) is 5.75 Å². The number of carbonyl (C=O) groups is 1. The number of nitrogens with two attached hydrogens (primary N) is 2. The van der Waals surface area contributed by atoms with E-state index in [0.29, 0.717) is 6.42 Å². The van der Waals surface area contributed by atoms with Gasteiger partial charge in [0.2, 0.25) is 0 Å². The highest BCUT2D eigenvalue weighted by Gasteiger charge is 2.14. The number of rotatable bonds is 3. The van der Waals surface area contributed by atoms with Crippen molar-refractivity contribution in [2.24, 2.45) is 5.73 Å². The summed E-state index contributed by atoms with van der Waals surface area (Å²) in [6, 6.07) is 4.00. The SMILES string of the molecule is COC(=O)[C@H](N)Cc1ccc(O)c(N)c1. The Balaban J connectivity index is 2.73. The summed E-state index contributed by atoms with van der Waals surface area (Å²) in [5.74, 6) is -0.452. The molecule has 15 heavy (non-hydrogen) atoms. The molecule has 0 unspecified atom stereocenters. The molecule has 5 nitrogen and oxygen atoms in total. The molecule has 0 aliphatic carbocycles. The Bertz CT molecular complexity index is 366. The van der Waals surface area contributed by atoms with Crippen LogP contribution in [0.25, 0.3) is 0 Å². The number of phenols is 1. The molecule has 0 bridgehead atoms. The number of hydrogen-bond donors (Lipinski definition) is 3. The van der Waals surface area contributed by atoms with Gasteiger partial charge in [0.15, 0.2) is 0 Å². The molecule has 1 aromatic carbocycles. The fourth-order valence-corrected chi connectivity index (χ4v) is 1.22. The van der Waals surface area contributed by atoms with Crippen LogP contribution in [0.3, 0.4) is 0 Å². The molecule has 0 saturated heterocycles. The zero-order chi connectivity index (χ0) is 11.4. The maximum absolute atomic E-state index is 11.0. The van der Waals surface area contributed by atoms with Crippen molar-refractivity contribution < 1.29 is 14.6 Å². The lowest BCUT2D eigenvalue weighted by Crippen LogP contribution is -2.33. The number of nitrogen functional groups attached to an aromatic ring is 1. The number of benzene rings is 1. The fraction of sp³-hybridized carbons (Fsp3) is 0.300. The maximum Gasteiger partial charge on any atom is 0.322 e. The van der Waals surface area contributed by atoms with Crippen molar-refractivity contribution in [2.75, 3.05) is 12.8 Å². The molecule has 0 aliphatic rings. The lowest BCUT2D eigenvalue weighted by molar-refractivity contribution is -0.142. The van der Waals surface area contributed by atoms with Crippen LogP contribution >= 0.6 is 0 Å². The molecular formula is C10H14N2O3. The normalized spacial score (nSPS) is 12.1. The standard InChI is InChI=1S/C10H14N2O3/c1-15-10(14)8(12)5-6-2-3-9(13)7(11)4-6/h2-4,8,13H,5,11-12H2,1H3/t8-/m1/s1. The highest BCUT2D eigenvalue weighted by molar-refractivity contribution is 5.75. The van der Waals surface area contributed by atoms with E-state index >= 15 is 0 Å². The Morgan fingerprint density at radius 1 is 1.60 bits per heavy atom.